The second-order valence-corrected chi connectivity index (χ2v) is 11.0. The summed E-state index contributed by atoms with van der Waals surface area (Å²) in [5.74, 6) is 0.376. The number of urea groups is 1. The molecule has 1 saturated heterocycles. The van der Waals surface area contributed by atoms with E-state index in [1.54, 1.807) is 29.4 Å². The van der Waals surface area contributed by atoms with E-state index >= 15 is 0 Å². The molecule has 0 spiro atoms. The minimum atomic E-state index is -0.679. The number of aromatic nitrogens is 1. The molecule has 4 rings (SSSR count). The zero-order valence-corrected chi connectivity index (χ0v) is 23.8. The van der Waals surface area contributed by atoms with Gasteiger partial charge in [0.2, 0.25) is 11.0 Å². The summed E-state index contributed by atoms with van der Waals surface area (Å²) >= 11 is 1.17. The fraction of sp³-hybridized carbons (Fsp3) is 0.355. The highest BCUT2D eigenvalue weighted by Crippen LogP contribution is 2.13. The third-order valence-electron chi connectivity index (χ3n) is 6.99. The van der Waals surface area contributed by atoms with E-state index in [9.17, 15) is 14.4 Å². The van der Waals surface area contributed by atoms with Crippen LogP contribution in [0.4, 0.5) is 4.79 Å². The summed E-state index contributed by atoms with van der Waals surface area (Å²) in [6.45, 7) is 3.74. The van der Waals surface area contributed by atoms with Crippen molar-refractivity contribution in [2.75, 3.05) is 52.1 Å². The number of carbonyl (C=O) groups excluding carboxylic acids is 3. The molecule has 40 heavy (non-hydrogen) atoms. The molecule has 2 heterocycles. The first-order chi connectivity index (χ1) is 19.5. The van der Waals surface area contributed by atoms with Gasteiger partial charge in [0.05, 0.1) is 0 Å². The molecule has 210 valence electrons. The van der Waals surface area contributed by atoms with Gasteiger partial charge < -0.3 is 20.0 Å². The van der Waals surface area contributed by atoms with Gasteiger partial charge in [0.15, 0.2) is 0 Å². The van der Waals surface area contributed by atoms with Crippen LogP contribution in [0.5, 0.6) is 0 Å². The van der Waals surface area contributed by atoms with Crippen molar-refractivity contribution in [2.24, 2.45) is 0 Å². The van der Waals surface area contributed by atoms with Gasteiger partial charge in [-0.05, 0) is 36.7 Å². The Morgan fingerprint density at radius 3 is 2.23 bits per heavy atom. The van der Waals surface area contributed by atoms with Gasteiger partial charge in [0, 0.05) is 69.4 Å². The molecule has 1 aliphatic rings. The standard InChI is InChI=1S/C31H37N5O3S/c1-34-17-19-35(20-18-34)29(37)28(23-26-11-6-3-7-12-26)33-31(39)36(16-14-25-9-4-2-5-10-25)21-22-40-30(38)27-13-8-15-32-24-27/h2-13,15,24,28H,14,16-23H2,1H3,(H,33,39)/t28-/m0/s1. The summed E-state index contributed by atoms with van der Waals surface area (Å²) in [6.07, 6.45) is 4.27. The number of hydrogen-bond acceptors (Lipinski definition) is 6. The Labute approximate surface area is 240 Å². The quantitative estimate of drug-likeness (QED) is 0.387. The summed E-state index contributed by atoms with van der Waals surface area (Å²) in [7, 11) is 2.05. The molecular weight excluding hydrogens is 522 g/mol. The smallest absolute Gasteiger partial charge is 0.318 e. The summed E-state index contributed by atoms with van der Waals surface area (Å²) in [5, 5.41) is 2.98. The SMILES string of the molecule is CN1CCN(C(=O)[C@H](Cc2ccccc2)NC(=O)N(CCSC(=O)c2cccnc2)CCc2ccccc2)CC1. The molecule has 0 bridgehead atoms. The Morgan fingerprint density at radius 2 is 1.57 bits per heavy atom. The Kier molecular flexibility index (Phi) is 11.1. The van der Waals surface area contributed by atoms with Gasteiger partial charge in [-0.2, -0.15) is 0 Å². The first-order valence-electron chi connectivity index (χ1n) is 13.7. The first-order valence-corrected chi connectivity index (χ1v) is 14.7. The van der Waals surface area contributed by atoms with Crippen molar-refractivity contribution >= 4 is 28.8 Å². The lowest BCUT2D eigenvalue weighted by Crippen LogP contribution is -2.57. The van der Waals surface area contributed by atoms with Gasteiger partial charge in [0.25, 0.3) is 0 Å². The highest BCUT2D eigenvalue weighted by molar-refractivity contribution is 8.14. The van der Waals surface area contributed by atoms with Gasteiger partial charge in [0.1, 0.15) is 6.04 Å². The van der Waals surface area contributed by atoms with E-state index in [2.05, 4.69) is 15.2 Å². The van der Waals surface area contributed by atoms with Crippen molar-refractivity contribution in [1.82, 2.24) is 25.0 Å². The second kappa shape index (κ2) is 15.2. The molecule has 8 nitrogen and oxygen atoms in total. The van der Waals surface area contributed by atoms with Gasteiger partial charge in [-0.25, -0.2) is 4.79 Å². The van der Waals surface area contributed by atoms with Crippen LogP contribution < -0.4 is 5.32 Å². The highest BCUT2D eigenvalue weighted by atomic mass is 32.2. The van der Waals surface area contributed by atoms with Crippen LogP contribution in [-0.4, -0.2) is 94.8 Å². The van der Waals surface area contributed by atoms with E-state index in [4.69, 9.17) is 0 Å². The van der Waals surface area contributed by atoms with Crippen molar-refractivity contribution in [2.45, 2.75) is 18.9 Å². The number of piperazine rings is 1. The summed E-state index contributed by atoms with van der Waals surface area (Å²) in [4.78, 5) is 49.7. The Hall–Kier alpha value is -3.69. The lowest BCUT2D eigenvalue weighted by Gasteiger charge is -2.35. The van der Waals surface area contributed by atoms with Gasteiger partial charge in [-0.3, -0.25) is 14.6 Å². The topological polar surface area (TPSA) is 85.9 Å². The predicted molar refractivity (Wildman–Crippen MR) is 159 cm³/mol. The number of rotatable bonds is 11. The molecule has 1 aromatic heterocycles. The minimum Gasteiger partial charge on any atom is -0.338 e. The van der Waals surface area contributed by atoms with Crippen molar-refractivity contribution in [3.8, 4) is 0 Å². The average Bonchev–Trinajstić information content (AvgIpc) is 3.00. The summed E-state index contributed by atoms with van der Waals surface area (Å²) < 4.78 is 0. The lowest BCUT2D eigenvalue weighted by molar-refractivity contribution is -0.134. The van der Waals surface area contributed by atoms with Crippen LogP contribution in [0.15, 0.2) is 85.2 Å². The number of hydrogen-bond donors (Lipinski definition) is 1. The maximum Gasteiger partial charge on any atom is 0.318 e. The molecule has 3 aromatic rings. The normalized spacial score (nSPS) is 14.4. The molecule has 0 saturated carbocycles. The van der Waals surface area contributed by atoms with Crippen molar-refractivity contribution < 1.29 is 14.4 Å². The predicted octanol–water partition coefficient (Wildman–Crippen LogP) is 3.59. The monoisotopic (exact) mass is 559 g/mol. The molecule has 0 unspecified atom stereocenters. The summed E-state index contributed by atoms with van der Waals surface area (Å²) in [6, 6.07) is 22.3. The molecule has 3 amide bonds. The van der Waals surface area contributed by atoms with Gasteiger partial charge >= 0.3 is 6.03 Å². The zero-order valence-electron chi connectivity index (χ0n) is 22.9. The number of amides is 3. The minimum absolute atomic E-state index is 0.0607. The molecule has 1 aliphatic heterocycles. The number of benzene rings is 2. The fourth-order valence-corrected chi connectivity index (χ4v) is 5.36. The van der Waals surface area contributed by atoms with Crippen molar-refractivity contribution in [3.63, 3.8) is 0 Å². The Balaban J connectivity index is 1.45. The van der Waals surface area contributed by atoms with Gasteiger partial charge in [-0.15, -0.1) is 0 Å². The molecule has 0 aliphatic carbocycles. The number of nitrogens with one attached hydrogen (secondary N) is 1. The highest BCUT2D eigenvalue weighted by Gasteiger charge is 2.29. The van der Waals surface area contributed by atoms with E-state index in [1.807, 2.05) is 72.6 Å². The van der Waals surface area contributed by atoms with Crippen LogP contribution in [0.3, 0.4) is 0 Å². The van der Waals surface area contributed by atoms with E-state index in [-0.39, 0.29) is 17.1 Å². The average molecular weight is 560 g/mol. The largest absolute Gasteiger partial charge is 0.338 e. The Morgan fingerprint density at radius 1 is 0.900 bits per heavy atom. The number of carbonyl (C=O) groups is 3. The van der Waals surface area contributed by atoms with Gasteiger partial charge in [-0.1, -0.05) is 72.4 Å². The van der Waals surface area contributed by atoms with E-state index in [0.717, 1.165) is 24.2 Å². The van der Waals surface area contributed by atoms with Crippen LogP contribution in [0, 0.1) is 0 Å². The lowest BCUT2D eigenvalue weighted by atomic mass is 10.0. The molecule has 9 heteroatoms. The van der Waals surface area contributed by atoms with Crippen LogP contribution in [0.25, 0.3) is 0 Å². The van der Waals surface area contributed by atoms with Crippen LogP contribution >= 0.6 is 11.8 Å². The van der Waals surface area contributed by atoms with Crippen LogP contribution in [0.2, 0.25) is 0 Å². The van der Waals surface area contributed by atoms with Crippen LogP contribution in [0.1, 0.15) is 21.5 Å². The van der Waals surface area contributed by atoms with Crippen LogP contribution in [-0.2, 0) is 17.6 Å². The van der Waals surface area contributed by atoms with Crippen molar-refractivity contribution in [1.29, 1.82) is 0 Å². The Bertz CT molecular complexity index is 1220. The maximum atomic E-state index is 13.7. The third-order valence-corrected chi connectivity index (χ3v) is 7.87. The third kappa shape index (κ3) is 8.93. The van der Waals surface area contributed by atoms with E-state index in [1.165, 1.54) is 11.8 Å². The number of thioether (sulfide) groups is 1. The molecule has 1 N–H and O–H groups in total. The maximum absolute atomic E-state index is 13.7. The van der Waals surface area contributed by atoms with Crippen molar-refractivity contribution in [3.05, 3.63) is 102 Å². The fourth-order valence-electron chi connectivity index (χ4n) is 4.58. The van der Waals surface area contributed by atoms with E-state index < -0.39 is 6.04 Å². The summed E-state index contributed by atoms with van der Waals surface area (Å²) in [5.41, 5.74) is 2.64. The number of pyridine rings is 1. The molecule has 1 atom stereocenters. The molecule has 2 aromatic carbocycles. The second-order valence-electron chi connectivity index (χ2n) is 9.92. The number of likely N-dealkylation sites (N-methyl/N-ethyl adjacent to an activating group) is 1. The molecule has 0 radical (unpaired) electrons. The first kappa shape index (κ1) is 29.3. The number of nitrogens with zero attached hydrogens (tertiary/aromatic N) is 4. The van der Waals surface area contributed by atoms with E-state index in [0.29, 0.717) is 50.3 Å². The molecule has 1 fully saturated rings. The zero-order chi connectivity index (χ0) is 28.2. The molecular formula is C31H37N5O3S.